The number of aromatic nitrogens is 4. The van der Waals surface area contributed by atoms with Crippen LogP contribution in [0.4, 0.5) is 11.4 Å². The zero-order chi connectivity index (χ0) is 21.1. The second-order valence-electron chi connectivity index (χ2n) is 6.22. The maximum atomic E-state index is 12.4. The summed E-state index contributed by atoms with van der Waals surface area (Å²) in [6, 6.07) is 13.9. The van der Waals surface area contributed by atoms with E-state index < -0.39 is 10.8 Å². The molecular formula is C20H14N6O4. The third-order valence-corrected chi connectivity index (χ3v) is 4.16. The zero-order valence-electron chi connectivity index (χ0n) is 15.3. The molecule has 0 aliphatic carbocycles. The third kappa shape index (κ3) is 3.97. The maximum Gasteiger partial charge on any atom is 0.276 e. The van der Waals surface area contributed by atoms with Crippen LogP contribution in [0.5, 0.6) is 5.75 Å². The van der Waals surface area contributed by atoms with Crippen molar-refractivity contribution in [2.75, 3.05) is 5.32 Å². The van der Waals surface area contributed by atoms with Gasteiger partial charge in [-0.1, -0.05) is 12.1 Å². The average Bonchev–Trinajstić information content (AvgIpc) is 3.25. The number of nitro groups is 1. The van der Waals surface area contributed by atoms with Crippen molar-refractivity contribution in [3.05, 3.63) is 89.0 Å². The van der Waals surface area contributed by atoms with Crippen LogP contribution in [0, 0.1) is 10.1 Å². The second-order valence-corrected chi connectivity index (χ2v) is 6.22. The van der Waals surface area contributed by atoms with E-state index in [0.29, 0.717) is 22.8 Å². The monoisotopic (exact) mass is 402 g/mol. The molecule has 0 aliphatic rings. The van der Waals surface area contributed by atoms with Gasteiger partial charge in [0, 0.05) is 23.9 Å². The van der Waals surface area contributed by atoms with Gasteiger partial charge in [0.15, 0.2) is 11.5 Å². The van der Waals surface area contributed by atoms with Crippen molar-refractivity contribution in [1.82, 2.24) is 19.7 Å². The lowest BCUT2D eigenvalue weighted by atomic mass is 10.2. The first-order valence-electron chi connectivity index (χ1n) is 8.73. The van der Waals surface area contributed by atoms with E-state index in [1.165, 1.54) is 35.3 Å². The van der Waals surface area contributed by atoms with Crippen LogP contribution < -0.4 is 5.32 Å². The summed E-state index contributed by atoms with van der Waals surface area (Å²) in [7, 11) is 0. The minimum Gasteiger partial charge on any atom is -0.508 e. The number of nitrogens with zero attached hydrogens (tertiary/aromatic N) is 5. The summed E-state index contributed by atoms with van der Waals surface area (Å²) in [5.74, 6) is 0.0628. The molecule has 1 amide bonds. The number of hydrogen-bond donors (Lipinski definition) is 2. The van der Waals surface area contributed by atoms with Crippen LogP contribution in [-0.2, 0) is 0 Å². The highest BCUT2D eigenvalue weighted by Crippen LogP contribution is 2.20. The molecule has 0 bridgehead atoms. The molecule has 30 heavy (non-hydrogen) atoms. The van der Waals surface area contributed by atoms with Gasteiger partial charge in [-0.25, -0.2) is 14.6 Å². The minimum absolute atomic E-state index is 0.0296. The molecule has 0 saturated carbocycles. The molecule has 0 saturated heterocycles. The fraction of sp³-hybridized carbons (Fsp3) is 0. The van der Waals surface area contributed by atoms with Crippen LogP contribution in [0.2, 0.25) is 0 Å². The van der Waals surface area contributed by atoms with Gasteiger partial charge in [0.1, 0.15) is 5.75 Å². The number of aromatic hydroxyl groups is 1. The Morgan fingerprint density at radius 3 is 2.47 bits per heavy atom. The van der Waals surface area contributed by atoms with Gasteiger partial charge < -0.3 is 10.4 Å². The van der Waals surface area contributed by atoms with Crippen LogP contribution in [0.25, 0.3) is 17.1 Å². The number of rotatable bonds is 5. The van der Waals surface area contributed by atoms with Crippen molar-refractivity contribution in [2.45, 2.75) is 0 Å². The van der Waals surface area contributed by atoms with Gasteiger partial charge >= 0.3 is 0 Å². The fourth-order valence-corrected chi connectivity index (χ4v) is 2.70. The normalized spacial score (nSPS) is 10.5. The Hall–Kier alpha value is -4.60. The summed E-state index contributed by atoms with van der Waals surface area (Å²) in [4.78, 5) is 31.1. The molecule has 0 fully saturated rings. The van der Waals surface area contributed by atoms with Gasteiger partial charge in [0.2, 0.25) is 0 Å². The number of phenols is 1. The number of amides is 1. The van der Waals surface area contributed by atoms with E-state index in [4.69, 9.17) is 0 Å². The lowest BCUT2D eigenvalue weighted by molar-refractivity contribution is -0.384. The van der Waals surface area contributed by atoms with Gasteiger partial charge in [-0.15, -0.1) is 0 Å². The fourth-order valence-electron chi connectivity index (χ4n) is 2.70. The Morgan fingerprint density at radius 2 is 1.80 bits per heavy atom. The van der Waals surface area contributed by atoms with E-state index in [1.54, 1.807) is 42.6 Å². The standard InChI is InChI=1S/C20H14N6O4/c27-17-3-1-2-13(10-17)19-21-11-14(12-22-19)23-20(28)18-8-9-25(24-18)15-4-6-16(7-5-15)26(29)30/h1-12,27H,(H,23,28). The zero-order valence-corrected chi connectivity index (χ0v) is 15.3. The Bertz CT molecular complexity index is 1220. The van der Waals surface area contributed by atoms with Crippen LogP contribution in [0.3, 0.4) is 0 Å². The quantitative estimate of drug-likeness (QED) is 0.386. The summed E-state index contributed by atoms with van der Waals surface area (Å²) < 4.78 is 1.44. The lowest BCUT2D eigenvalue weighted by Gasteiger charge is -2.05. The number of nitro benzene ring substituents is 1. The molecule has 10 heteroatoms. The van der Waals surface area contributed by atoms with Crippen molar-refractivity contribution in [2.24, 2.45) is 0 Å². The Balaban J connectivity index is 1.46. The van der Waals surface area contributed by atoms with E-state index in [1.807, 2.05) is 0 Å². The predicted molar refractivity (Wildman–Crippen MR) is 107 cm³/mol. The molecule has 4 rings (SSSR count). The van der Waals surface area contributed by atoms with Gasteiger partial charge in [0.25, 0.3) is 11.6 Å². The lowest BCUT2D eigenvalue weighted by Crippen LogP contribution is -2.13. The number of phenolic OH excluding ortho intramolecular Hbond substituents is 1. The number of benzene rings is 2. The van der Waals surface area contributed by atoms with Crippen molar-refractivity contribution in [3.8, 4) is 22.8 Å². The molecule has 2 aromatic carbocycles. The predicted octanol–water partition coefficient (Wildman–Crippen LogP) is 3.20. The molecule has 2 N–H and O–H groups in total. The number of non-ortho nitro benzene ring substituents is 1. The molecule has 0 unspecified atom stereocenters. The summed E-state index contributed by atoms with van der Waals surface area (Å²) in [5, 5.41) is 27.1. The largest absolute Gasteiger partial charge is 0.508 e. The third-order valence-electron chi connectivity index (χ3n) is 4.16. The first kappa shape index (κ1) is 18.7. The molecule has 0 radical (unpaired) electrons. The summed E-state index contributed by atoms with van der Waals surface area (Å²) in [6.45, 7) is 0. The highest BCUT2D eigenvalue weighted by Gasteiger charge is 2.12. The van der Waals surface area contributed by atoms with E-state index in [-0.39, 0.29) is 17.1 Å². The van der Waals surface area contributed by atoms with Crippen LogP contribution in [-0.4, -0.2) is 35.7 Å². The Kier molecular flexibility index (Phi) is 4.87. The molecular weight excluding hydrogens is 388 g/mol. The number of carbonyl (C=O) groups excluding carboxylic acids is 1. The van der Waals surface area contributed by atoms with Crippen LogP contribution in [0.1, 0.15) is 10.5 Å². The summed E-state index contributed by atoms with van der Waals surface area (Å²) in [5.41, 5.74) is 1.74. The molecule has 0 atom stereocenters. The number of anilines is 1. The molecule has 0 aliphatic heterocycles. The highest BCUT2D eigenvalue weighted by molar-refractivity contribution is 6.02. The number of hydrogen-bond acceptors (Lipinski definition) is 7. The smallest absolute Gasteiger partial charge is 0.276 e. The number of nitrogens with one attached hydrogen (secondary N) is 1. The SMILES string of the molecule is O=C(Nc1cnc(-c2cccc(O)c2)nc1)c1ccn(-c2ccc([N+](=O)[O-])cc2)n1. The molecule has 148 valence electrons. The number of carbonyl (C=O) groups is 1. The molecule has 2 aromatic heterocycles. The molecule has 2 heterocycles. The van der Waals surface area contributed by atoms with E-state index >= 15 is 0 Å². The van der Waals surface area contributed by atoms with Crippen molar-refractivity contribution >= 4 is 17.3 Å². The molecule has 4 aromatic rings. The van der Waals surface area contributed by atoms with E-state index in [0.717, 1.165) is 0 Å². The Morgan fingerprint density at radius 1 is 1.07 bits per heavy atom. The van der Waals surface area contributed by atoms with Crippen molar-refractivity contribution in [3.63, 3.8) is 0 Å². The first-order valence-corrected chi connectivity index (χ1v) is 8.73. The van der Waals surface area contributed by atoms with Gasteiger partial charge in [-0.3, -0.25) is 14.9 Å². The van der Waals surface area contributed by atoms with Crippen molar-refractivity contribution in [1.29, 1.82) is 0 Å². The summed E-state index contributed by atoms with van der Waals surface area (Å²) in [6.07, 6.45) is 4.49. The minimum atomic E-state index is -0.487. The molecule has 10 nitrogen and oxygen atoms in total. The second kappa shape index (κ2) is 7.80. The Labute approximate surface area is 169 Å². The highest BCUT2D eigenvalue weighted by atomic mass is 16.6. The first-order chi connectivity index (χ1) is 14.5. The van der Waals surface area contributed by atoms with Crippen LogP contribution >= 0.6 is 0 Å². The molecule has 0 spiro atoms. The van der Waals surface area contributed by atoms with Crippen molar-refractivity contribution < 1.29 is 14.8 Å². The van der Waals surface area contributed by atoms with E-state index in [9.17, 15) is 20.0 Å². The van der Waals surface area contributed by atoms with E-state index in [2.05, 4.69) is 20.4 Å². The van der Waals surface area contributed by atoms with Gasteiger partial charge in [-0.05, 0) is 30.3 Å². The maximum absolute atomic E-state index is 12.4. The van der Waals surface area contributed by atoms with Gasteiger partial charge in [0.05, 0.1) is 28.7 Å². The summed E-state index contributed by atoms with van der Waals surface area (Å²) >= 11 is 0. The van der Waals surface area contributed by atoms with Crippen LogP contribution in [0.15, 0.2) is 73.2 Å². The topological polar surface area (TPSA) is 136 Å². The average molecular weight is 402 g/mol. The van der Waals surface area contributed by atoms with Gasteiger partial charge in [-0.2, -0.15) is 5.10 Å².